The minimum atomic E-state index is -3.45. The maximum atomic E-state index is 12.8. The van der Waals surface area contributed by atoms with Crippen LogP contribution in [0.4, 0.5) is 5.69 Å². The lowest BCUT2D eigenvalue weighted by Crippen LogP contribution is -2.45. The van der Waals surface area contributed by atoms with Crippen LogP contribution in [0.3, 0.4) is 0 Å². The number of sulfonamides is 1. The van der Waals surface area contributed by atoms with Gasteiger partial charge >= 0.3 is 0 Å². The van der Waals surface area contributed by atoms with Crippen molar-refractivity contribution < 1.29 is 8.42 Å². The minimum Gasteiger partial charge on any atom is -0.370 e. The van der Waals surface area contributed by atoms with E-state index in [1.165, 1.54) is 6.26 Å². The van der Waals surface area contributed by atoms with Gasteiger partial charge in [-0.3, -0.25) is 0 Å². The summed E-state index contributed by atoms with van der Waals surface area (Å²) in [6.45, 7) is 1.61. The van der Waals surface area contributed by atoms with Gasteiger partial charge in [0, 0.05) is 50.2 Å². The lowest BCUT2D eigenvalue weighted by atomic mass is 10.1. The fraction of sp³-hybridized carbons (Fsp3) is 0.333. The molecule has 1 aliphatic heterocycles. The van der Waals surface area contributed by atoms with Crippen LogP contribution in [0, 0.1) is 11.3 Å². The number of hydrogen-bond donors (Lipinski definition) is 1. The summed E-state index contributed by atoms with van der Waals surface area (Å²) in [5.41, 5.74) is 3.50. The van der Waals surface area contributed by atoms with Gasteiger partial charge in [-0.25, -0.2) is 13.4 Å². The molecule has 1 aliphatic rings. The van der Waals surface area contributed by atoms with Crippen LogP contribution in [-0.4, -0.2) is 48.1 Å². The first kappa shape index (κ1) is 22.1. The van der Waals surface area contributed by atoms with Crippen LogP contribution < -0.4 is 4.90 Å². The van der Waals surface area contributed by atoms with Gasteiger partial charge in [-0.05, 0) is 42.2 Å². The van der Waals surface area contributed by atoms with E-state index >= 15 is 0 Å². The highest BCUT2D eigenvalue weighted by molar-refractivity contribution is 7.88. The summed E-state index contributed by atoms with van der Waals surface area (Å²) < 4.78 is 27.2. The number of H-pyrrole nitrogens is 1. The Bertz CT molecular complexity index is 1190. The Balaban J connectivity index is 1.66. The number of aryl methyl sites for hydroxylation is 1. The normalized spacial score (nSPS) is 16.9. The number of imidazole rings is 1. The molecule has 0 saturated carbocycles. The number of nitrogens with one attached hydrogen (secondary N) is 1. The Morgan fingerprint density at radius 3 is 2.72 bits per heavy atom. The van der Waals surface area contributed by atoms with E-state index in [1.54, 1.807) is 16.6 Å². The molecule has 0 saturated heterocycles. The first-order valence-corrected chi connectivity index (χ1v) is 12.6. The molecule has 1 atom stereocenters. The highest BCUT2D eigenvalue weighted by Crippen LogP contribution is 2.31. The predicted molar refractivity (Wildman–Crippen MR) is 125 cm³/mol. The number of nitriles is 1. The third kappa shape index (κ3) is 5.18. The van der Waals surface area contributed by atoms with Gasteiger partial charge in [0.2, 0.25) is 10.0 Å². The second kappa shape index (κ2) is 9.55. The molecule has 0 radical (unpaired) electrons. The Morgan fingerprint density at radius 2 is 2.03 bits per heavy atom. The molecule has 32 heavy (non-hydrogen) atoms. The molecule has 0 fully saturated rings. The van der Waals surface area contributed by atoms with Crippen molar-refractivity contribution in [2.75, 3.05) is 24.2 Å². The summed E-state index contributed by atoms with van der Waals surface area (Å²) in [6, 6.07) is 17.5. The van der Waals surface area contributed by atoms with E-state index in [2.05, 4.69) is 20.9 Å². The number of nitrogens with zero attached hydrogens (tertiary/aromatic N) is 4. The summed E-state index contributed by atoms with van der Waals surface area (Å²) in [7, 11) is -3.45. The molecule has 0 spiro atoms. The quantitative estimate of drug-likeness (QED) is 0.598. The second-order valence-corrected chi connectivity index (χ2v) is 10.1. The maximum Gasteiger partial charge on any atom is 0.211 e. The third-order valence-corrected chi connectivity index (χ3v) is 7.13. The van der Waals surface area contributed by atoms with Gasteiger partial charge in [0.25, 0.3) is 0 Å². The number of rotatable bonds is 7. The number of hydrogen-bond acceptors (Lipinski definition) is 5. The van der Waals surface area contributed by atoms with E-state index in [1.807, 2.05) is 48.7 Å². The van der Waals surface area contributed by atoms with Crippen LogP contribution in [0.2, 0.25) is 0 Å². The second-order valence-electron chi connectivity index (χ2n) is 8.19. The zero-order valence-electron chi connectivity index (χ0n) is 18.1. The van der Waals surface area contributed by atoms with Gasteiger partial charge in [-0.2, -0.15) is 9.57 Å². The fourth-order valence-electron chi connectivity index (χ4n) is 4.36. The average Bonchev–Trinajstić information content (AvgIpc) is 3.24. The fourth-order valence-corrected chi connectivity index (χ4v) is 5.41. The van der Waals surface area contributed by atoms with Crippen molar-refractivity contribution in [1.82, 2.24) is 14.3 Å². The van der Waals surface area contributed by atoms with Gasteiger partial charge in [0.05, 0.1) is 17.9 Å². The summed E-state index contributed by atoms with van der Waals surface area (Å²) in [4.78, 5) is 9.70. The van der Waals surface area contributed by atoms with Crippen LogP contribution in [0.1, 0.15) is 28.9 Å². The summed E-state index contributed by atoms with van der Waals surface area (Å²) >= 11 is 0. The molecule has 0 amide bonds. The highest BCUT2D eigenvalue weighted by atomic mass is 32.2. The standard InChI is InChI=1S/C24H27N5O2S/c1-32(30,31)29-17-21-14-20(16-25)9-10-23(21)28(13-5-8-24-26-11-12-27-24)18-22(29)15-19-6-3-2-4-7-19/h2-4,6-7,9-12,14,22H,5,8,13,15,17-18H2,1H3,(H,26,27). The smallest absolute Gasteiger partial charge is 0.211 e. The van der Waals surface area contributed by atoms with Crippen molar-refractivity contribution in [3.8, 4) is 6.07 Å². The van der Waals surface area contributed by atoms with Gasteiger partial charge in [0.15, 0.2) is 0 Å². The molecule has 0 bridgehead atoms. The zero-order chi connectivity index (χ0) is 22.6. The Hall–Kier alpha value is -3.15. The van der Waals surface area contributed by atoms with E-state index in [0.29, 0.717) is 18.5 Å². The molecule has 7 nitrogen and oxygen atoms in total. The Morgan fingerprint density at radius 1 is 1.22 bits per heavy atom. The van der Waals surface area contributed by atoms with Crippen LogP contribution in [0.15, 0.2) is 60.9 Å². The topological polar surface area (TPSA) is 93.1 Å². The summed E-state index contributed by atoms with van der Waals surface area (Å²) in [6.07, 6.45) is 7.16. The lowest BCUT2D eigenvalue weighted by molar-refractivity contribution is 0.320. The Labute approximate surface area is 189 Å². The van der Waals surface area contributed by atoms with E-state index < -0.39 is 10.0 Å². The molecule has 8 heteroatoms. The van der Waals surface area contributed by atoms with Crippen LogP contribution in [0.5, 0.6) is 0 Å². The number of aromatic nitrogens is 2. The third-order valence-electron chi connectivity index (χ3n) is 5.85. The van der Waals surface area contributed by atoms with Gasteiger partial charge < -0.3 is 9.88 Å². The molecule has 1 unspecified atom stereocenters. The summed E-state index contributed by atoms with van der Waals surface area (Å²) in [5.74, 6) is 0.943. The molecule has 166 valence electrons. The average molecular weight is 450 g/mol. The van der Waals surface area contributed by atoms with E-state index in [4.69, 9.17) is 0 Å². The molecule has 2 heterocycles. The predicted octanol–water partition coefficient (Wildman–Crippen LogP) is 3.11. The van der Waals surface area contributed by atoms with Crippen LogP contribution in [-0.2, 0) is 29.4 Å². The number of fused-ring (bicyclic) bond motifs is 1. The molecule has 1 N–H and O–H groups in total. The highest BCUT2D eigenvalue weighted by Gasteiger charge is 2.33. The lowest BCUT2D eigenvalue weighted by Gasteiger charge is -2.31. The molecule has 4 rings (SSSR count). The zero-order valence-corrected chi connectivity index (χ0v) is 18.9. The van der Waals surface area contributed by atoms with E-state index in [0.717, 1.165) is 42.0 Å². The van der Waals surface area contributed by atoms with E-state index in [-0.39, 0.29) is 12.6 Å². The first-order chi connectivity index (χ1) is 15.4. The molecule has 3 aromatic rings. The number of benzene rings is 2. The van der Waals surface area contributed by atoms with Gasteiger partial charge in [-0.1, -0.05) is 30.3 Å². The van der Waals surface area contributed by atoms with E-state index in [9.17, 15) is 13.7 Å². The van der Waals surface area contributed by atoms with Crippen LogP contribution in [0.25, 0.3) is 0 Å². The molecule has 1 aromatic heterocycles. The van der Waals surface area contributed by atoms with Crippen molar-refractivity contribution in [2.24, 2.45) is 0 Å². The molecule has 0 aliphatic carbocycles. The molecular weight excluding hydrogens is 422 g/mol. The summed E-state index contributed by atoms with van der Waals surface area (Å²) in [5, 5.41) is 9.39. The Kier molecular flexibility index (Phi) is 6.58. The molecule has 2 aromatic carbocycles. The van der Waals surface area contributed by atoms with Gasteiger partial charge in [-0.15, -0.1) is 0 Å². The monoisotopic (exact) mass is 449 g/mol. The number of aromatic amines is 1. The SMILES string of the molecule is CS(=O)(=O)N1Cc2cc(C#N)ccc2N(CCCc2ncc[nH]2)CC1Cc1ccccc1. The van der Waals surface area contributed by atoms with Crippen molar-refractivity contribution in [1.29, 1.82) is 5.26 Å². The first-order valence-electron chi connectivity index (χ1n) is 10.7. The maximum absolute atomic E-state index is 12.8. The largest absolute Gasteiger partial charge is 0.370 e. The molecular formula is C24H27N5O2S. The van der Waals surface area contributed by atoms with Gasteiger partial charge in [0.1, 0.15) is 5.82 Å². The number of anilines is 1. The van der Waals surface area contributed by atoms with Crippen molar-refractivity contribution in [3.63, 3.8) is 0 Å². The van der Waals surface area contributed by atoms with Crippen LogP contribution >= 0.6 is 0 Å². The van der Waals surface area contributed by atoms with Crippen molar-refractivity contribution >= 4 is 15.7 Å². The van der Waals surface area contributed by atoms with Crippen molar-refractivity contribution in [3.05, 3.63) is 83.4 Å². The van der Waals surface area contributed by atoms with Crippen molar-refractivity contribution in [2.45, 2.75) is 31.8 Å². The minimum absolute atomic E-state index is 0.214.